The van der Waals surface area contributed by atoms with E-state index in [0.29, 0.717) is 27.9 Å². The van der Waals surface area contributed by atoms with E-state index < -0.39 is 0 Å². The Balaban J connectivity index is 2.08. The van der Waals surface area contributed by atoms with Crippen molar-refractivity contribution in [2.24, 2.45) is 0 Å². The Labute approximate surface area is 142 Å². The molecule has 0 aromatic carbocycles. The predicted molar refractivity (Wildman–Crippen MR) is 90.7 cm³/mol. The van der Waals surface area contributed by atoms with Crippen LogP contribution in [0.4, 0.5) is 0 Å². The molecular weight excluding hydrogens is 328 g/mol. The molecular formula is C15H14N6S2. The molecule has 0 fully saturated rings. The Morgan fingerprint density at radius 2 is 1.91 bits per heavy atom. The van der Waals surface area contributed by atoms with Crippen LogP contribution in [0.3, 0.4) is 0 Å². The highest BCUT2D eigenvalue weighted by molar-refractivity contribution is 7.98. The summed E-state index contributed by atoms with van der Waals surface area (Å²) in [6.45, 7) is 0. The highest BCUT2D eigenvalue weighted by Crippen LogP contribution is 2.24. The summed E-state index contributed by atoms with van der Waals surface area (Å²) < 4.78 is 1.70. The molecule has 3 aromatic rings. The smallest absolute Gasteiger partial charge is 0.254 e. The van der Waals surface area contributed by atoms with E-state index >= 15 is 0 Å². The van der Waals surface area contributed by atoms with Gasteiger partial charge in [0.05, 0.1) is 5.69 Å². The van der Waals surface area contributed by atoms with E-state index in [1.807, 2.05) is 24.6 Å². The maximum absolute atomic E-state index is 9.57. The number of hydrogen-bond donors (Lipinski definition) is 0. The van der Waals surface area contributed by atoms with Gasteiger partial charge in [-0.1, -0.05) is 11.8 Å². The first kappa shape index (κ1) is 15.8. The zero-order chi connectivity index (χ0) is 16.2. The van der Waals surface area contributed by atoms with E-state index in [4.69, 9.17) is 0 Å². The summed E-state index contributed by atoms with van der Waals surface area (Å²) in [5.74, 6) is 0.544. The third-order valence-corrected chi connectivity index (χ3v) is 4.64. The number of pyridine rings is 1. The SMILES string of the molecule is CSc1nc2nc(SC)c(C#N)c(CCc3ccncc3)n2n1. The number of aromatic nitrogens is 5. The maximum atomic E-state index is 9.57. The molecule has 3 aromatic heterocycles. The Hall–Kier alpha value is -2.11. The van der Waals surface area contributed by atoms with Crippen molar-refractivity contribution in [3.8, 4) is 6.07 Å². The standard InChI is InChI=1S/C15H14N6S2/c1-22-13-11(9-16)12(4-3-10-5-7-17-8-6-10)21-14(18-13)19-15(20-21)23-2/h5-8H,3-4H2,1-2H3. The molecule has 3 rings (SSSR count). The van der Waals surface area contributed by atoms with Crippen molar-refractivity contribution in [3.05, 3.63) is 41.3 Å². The van der Waals surface area contributed by atoms with Crippen molar-refractivity contribution in [2.45, 2.75) is 23.0 Å². The van der Waals surface area contributed by atoms with Gasteiger partial charge in [0, 0.05) is 12.4 Å². The molecule has 8 heteroatoms. The largest absolute Gasteiger partial charge is 0.265 e. The number of fused-ring (bicyclic) bond motifs is 1. The summed E-state index contributed by atoms with van der Waals surface area (Å²) in [7, 11) is 0. The van der Waals surface area contributed by atoms with E-state index in [-0.39, 0.29) is 0 Å². The minimum atomic E-state index is 0.544. The second kappa shape index (κ2) is 6.98. The van der Waals surface area contributed by atoms with Crippen molar-refractivity contribution in [2.75, 3.05) is 12.5 Å². The molecule has 6 nitrogen and oxygen atoms in total. The molecule has 116 valence electrons. The lowest BCUT2D eigenvalue weighted by Crippen LogP contribution is -2.08. The summed E-state index contributed by atoms with van der Waals surface area (Å²) in [6, 6.07) is 6.24. The van der Waals surface area contributed by atoms with Crippen molar-refractivity contribution < 1.29 is 0 Å². The van der Waals surface area contributed by atoms with Gasteiger partial charge >= 0.3 is 0 Å². The fraction of sp³-hybridized carbons (Fsp3) is 0.267. The summed E-state index contributed by atoms with van der Waals surface area (Å²) in [6.07, 6.45) is 8.88. The first-order chi connectivity index (χ1) is 11.3. The Bertz CT molecular complexity index is 869. The third kappa shape index (κ3) is 3.16. The normalized spacial score (nSPS) is 10.8. The summed E-state index contributed by atoms with van der Waals surface area (Å²) in [4.78, 5) is 12.9. The first-order valence-corrected chi connectivity index (χ1v) is 9.38. The lowest BCUT2D eigenvalue weighted by molar-refractivity contribution is 0.770. The van der Waals surface area contributed by atoms with Crippen LogP contribution in [0.5, 0.6) is 0 Å². The fourth-order valence-electron chi connectivity index (χ4n) is 2.30. The number of rotatable bonds is 5. The van der Waals surface area contributed by atoms with E-state index in [2.05, 4.69) is 26.1 Å². The van der Waals surface area contributed by atoms with Gasteiger partial charge in [0.15, 0.2) is 0 Å². The van der Waals surface area contributed by atoms with E-state index in [0.717, 1.165) is 12.1 Å². The van der Waals surface area contributed by atoms with Gasteiger partial charge in [0.2, 0.25) is 5.16 Å². The Morgan fingerprint density at radius 1 is 1.13 bits per heavy atom. The topological polar surface area (TPSA) is 79.8 Å². The molecule has 0 N–H and O–H groups in total. The first-order valence-electron chi connectivity index (χ1n) is 6.93. The van der Waals surface area contributed by atoms with Gasteiger partial charge in [-0.3, -0.25) is 4.98 Å². The average molecular weight is 342 g/mol. The van der Waals surface area contributed by atoms with Gasteiger partial charge in [-0.25, -0.2) is 4.98 Å². The van der Waals surface area contributed by atoms with Gasteiger partial charge < -0.3 is 0 Å². The molecule has 0 amide bonds. The predicted octanol–water partition coefficient (Wildman–Crippen LogP) is 2.62. The number of thioether (sulfide) groups is 2. The molecule has 0 aliphatic heterocycles. The second-order valence-corrected chi connectivity index (χ2v) is 6.29. The minimum Gasteiger partial charge on any atom is -0.265 e. The van der Waals surface area contributed by atoms with Crippen LogP contribution >= 0.6 is 23.5 Å². The van der Waals surface area contributed by atoms with Gasteiger partial charge in [-0.05, 0) is 43.0 Å². The van der Waals surface area contributed by atoms with Crippen LogP contribution in [0.15, 0.2) is 34.7 Å². The third-order valence-electron chi connectivity index (χ3n) is 3.42. The molecule has 0 aliphatic rings. The van der Waals surface area contributed by atoms with Gasteiger partial charge in [-0.15, -0.1) is 16.9 Å². The maximum Gasteiger partial charge on any atom is 0.254 e. The summed E-state index contributed by atoms with van der Waals surface area (Å²) in [5.41, 5.74) is 2.60. The number of nitriles is 1. The number of aryl methyl sites for hydroxylation is 2. The molecule has 0 radical (unpaired) electrons. The highest BCUT2D eigenvalue weighted by atomic mass is 32.2. The zero-order valence-electron chi connectivity index (χ0n) is 12.7. The van der Waals surface area contributed by atoms with Crippen LogP contribution < -0.4 is 0 Å². The van der Waals surface area contributed by atoms with Crippen molar-refractivity contribution >= 4 is 29.3 Å². The van der Waals surface area contributed by atoms with E-state index in [1.165, 1.54) is 29.1 Å². The molecule has 0 saturated carbocycles. The van der Waals surface area contributed by atoms with Crippen LogP contribution in [0, 0.1) is 11.3 Å². The Kier molecular flexibility index (Phi) is 4.79. The molecule has 0 unspecified atom stereocenters. The van der Waals surface area contributed by atoms with Gasteiger partial charge in [0.25, 0.3) is 5.78 Å². The lowest BCUT2D eigenvalue weighted by atomic mass is 10.1. The van der Waals surface area contributed by atoms with Crippen LogP contribution in [-0.4, -0.2) is 37.1 Å². The van der Waals surface area contributed by atoms with Crippen molar-refractivity contribution in [1.29, 1.82) is 5.26 Å². The van der Waals surface area contributed by atoms with Gasteiger partial charge in [0.1, 0.15) is 16.7 Å². The molecule has 3 heterocycles. The lowest BCUT2D eigenvalue weighted by Gasteiger charge is -2.09. The summed E-state index contributed by atoms with van der Waals surface area (Å²) >= 11 is 2.92. The van der Waals surface area contributed by atoms with Crippen molar-refractivity contribution in [3.63, 3.8) is 0 Å². The summed E-state index contributed by atoms with van der Waals surface area (Å²) in [5, 5.41) is 15.4. The van der Waals surface area contributed by atoms with Gasteiger partial charge in [-0.2, -0.15) is 14.8 Å². The minimum absolute atomic E-state index is 0.544. The molecule has 0 bridgehead atoms. The number of nitrogens with zero attached hydrogens (tertiary/aromatic N) is 6. The van der Waals surface area contributed by atoms with E-state index in [9.17, 15) is 5.26 Å². The van der Waals surface area contributed by atoms with Crippen molar-refractivity contribution in [1.82, 2.24) is 24.6 Å². The molecule has 0 saturated heterocycles. The molecule has 0 atom stereocenters. The quantitative estimate of drug-likeness (QED) is 0.521. The zero-order valence-corrected chi connectivity index (χ0v) is 14.4. The second-order valence-electron chi connectivity index (χ2n) is 4.72. The molecule has 0 aliphatic carbocycles. The average Bonchev–Trinajstić information content (AvgIpc) is 3.02. The highest BCUT2D eigenvalue weighted by Gasteiger charge is 2.17. The van der Waals surface area contributed by atoms with E-state index in [1.54, 1.807) is 16.9 Å². The molecule has 0 spiro atoms. The van der Waals surface area contributed by atoms with Crippen LogP contribution in [0.25, 0.3) is 5.78 Å². The van der Waals surface area contributed by atoms with Crippen LogP contribution in [0.1, 0.15) is 16.8 Å². The van der Waals surface area contributed by atoms with Crippen LogP contribution in [0.2, 0.25) is 0 Å². The monoisotopic (exact) mass is 342 g/mol. The Morgan fingerprint density at radius 3 is 2.57 bits per heavy atom. The van der Waals surface area contributed by atoms with Crippen LogP contribution in [-0.2, 0) is 12.8 Å². The fourth-order valence-corrected chi connectivity index (χ4v) is 3.18. The number of hydrogen-bond acceptors (Lipinski definition) is 7. The molecule has 23 heavy (non-hydrogen) atoms.